The van der Waals surface area contributed by atoms with Gasteiger partial charge in [-0.05, 0) is 23.9 Å². The standard InChI is InChI=1S/C13H11N3OS3/c1-7-8-4-2-3-5-10(8)19-11(7)9(17)6-18-13-16-15-12(14)20-13/h2-5H,6H2,1H3,(H2,14,15). The van der Waals surface area contributed by atoms with Crippen LogP contribution in [0.5, 0.6) is 0 Å². The molecule has 0 bridgehead atoms. The van der Waals surface area contributed by atoms with Crippen LogP contribution in [0.4, 0.5) is 5.13 Å². The highest BCUT2D eigenvalue weighted by atomic mass is 32.2. The van der Waals surface area contributed by atoms with Crippen molar-refractivity contribution in [2.24, 2.45) is 0 Å². The maximum Gasteiger partial charge on any atom is 0.203 e. The quantitative estimate of drug-likeness (QED) is 0.587. The smallest absolute Gasteiger partial charge is 0.203 e. The van der Waals surface area contributed by atoms with Crippen LogP contribution in [0.3, 0.4) is 0 Å². The van der Waals surface area contributed by atoms with Gasteiger partial charge in [-0.3, -0.25) is 4.79 Å². The number of thiophene rings is 1. The number of carbonyl (C=O) groups excluding carboxylic acids is 1. The Morgan fingerprint density at radius 2 is 2.10 bits per heavy atom. The van der Waals surface area contributed by atoms with Crippen molar-refractivity contribution in [1.29, 1.82) is 0 Å². The number of rotatable bonds is 4. The predicted molar refractivity (Wildman–Crippen MR) is 85.9 cm³/mol. The van der Waals surface area contributed by atoms with E-state index in [1.807, 2.05) is 25.1 Å². The van der Waals surface area contributed by atoms with Crippen LogP contribution in [-0.4, -0.2) is 21.7 Å². The Kier molecular flexibility index (Phi) is 3.73. The fourth-order valence-corrected chi connectivity index (χ4v) is 4.66. The second-order valence-electron chi connectivity index (χ2n) is 4.17. The third-order valence-corrected chi connectivity index (χ3v) is 6.05. The highest BCUT2D eigenvalue weighted by molar-refractivity contribution is 8.01. The maximum atomic E-state index is 12.3. The third kappa shape index (κ3) is 2.56. The lowest BCUT2D eigenvalue weighted by Crippen LogP contribution is -2.01. The van der Waals surface area contributed by atoms with Crippen LogP contribution in [0.1, 0.15) is 15.2 Å². The van der Waals surface area contributed by atoms with Gasteiger partial charge >= 0.3 is 0 Å². The number of Topliss-reactive ketones (excluding diaryl/α,β-unsaturated/α-hetero) is 1. The second-order valence-corrected chi connectivity index (χ2v) is 7.45. The predicted octanol–water partition coefficient (Wildman–Crippen LogP) is 3.62. The highest BCUT2D eigenvalue weighted by Gasteiger charge is 2.16. The SMILES string of the molecule is Cc1c(C(=O)CSc2nnc(N)s2)sc2ccccc12. The summed E-state index contributed by atoms with van der Waals surface area (Å²) in [6, 6.07) is 8.08. The average molecular weight is 321 g/mol. The molecule has 0 saturated carbocycles. The van der Waals surface area contributed by atoms with E-state index in [1.54, 1.807) is 11.3 Å². The van der Waals surface area contributed by atoms with E-state index in [-0.39, 0.29) is 5.78 Å². The summed E-state index contributed by atoms with van der Waals surface area (Å²) in [5, 5.41) is 9.23. The van der Waals surface area contributed by atoms with Gasteiger partial charge in [0.25, 0.3) is 0 Å². The van der Waals surface area contributed by atoms with E-state index in [4.69, 9.17) is 5.73 Å². The summed E-state index contributed by atoms with van der Waals surface area (Å²) in [4.78, 5) is 13.2. The summed E-state index contributed by atoms with van der Waals surface area (Å²) in [6.45, 7) is 2.00. The number of nitrogens with two attached hydrogens (primary N) is 1. The Hall–Kier alpha value is -1.44. The van der Waals surface area contributed by atoms with Gasteiger partial charge in [0.1, 0.15) is 0 Å². The van der Waals surface area contributed by atoms with Crippen LogP contribution >= 0.6 is 34.4 Å². The summed E-state index contributed by atoms with van der Waals surface area (Å²) in [6.07, 6.45) is 0. The van der Waals surface area contributed by atoms with Gasteiger partial charge in [-0.25, -0.2) is 0 Å². The van der Waals surface area contributed by atoms with E-state index in [2.05, 4.69) is 16.3 Å². The lowest BCUT2D eigenvalue weighted by molar-refractivity contribution is 0.102. The summed E-state index contributed by atoms with van der Waals surface area (Å²) < 4.78 is 1.88. The van der Waals surface area contributed by atoms with Gasteiger partial charge in [0.15, 0.2) is 10.1 Å². The molecule has 20 heavy (non-hydrogen) atoms. The van der Waals surface area contributed by atoms with Crippen molar-refractivity contribution in [2.45, 2.75) is 11.3 Å². The van der Waals surface area contributed by atoms with E-state index in [0.29, 0.717) is 10.9 Å². The molecule has 0 saturated heterocycles. The monoisotopic (exact) mass is 321 g/mol. The minimum absolute atomic E-state index is 0.127. The van der Waals surface area contributed by atoms with Crippen molar-refractivity contribution in [3.05, 3.63) is 34.7 Å². The van der Waals surface area contributed by atoms with Gasteiger partial charge in [0, 0.05) is 4.70 Å². The molecular weight excluding hydrogens is 310 g/mol. The number of anilines is 1. The normalized spacial score (nSPS) is 11.1. The minimum atomic E-state index is 0.127. The number of fused-ring (bicyclic) bond motifs is 1. The Balaban J connectivity index is 1.80. The number of ketones is 1. The fraction of sp³-hybridized carbons (Fsp3) is 0.154. The van der Waals surface area contributed by atoms with E-state index < -0.39 is 0 Å². The van der Waals surface area contributed by atoms with Gasteiger partial charge in [-0.2, -0.15) is 0 Å². The molecular formula is C13H11N3OS3. The molecule has 0 aliphatic carbocycles. The van der Waals surface area contributed by atoms with Crippen molar-refractivity contribution in [2.75, 3.05) is 11.5 Å². The van der Waals surface area contributed by atoms with Gasteiger partial charge < -0.3 is 5.73 Å². The number of aromatic nitrogens is 2. The highest BCUT2D eigenvalue weighted by Crippen LogP contribution is 2.32. The number of hydrogen-bond acceptors (Lipinski definition) is 7. The molecule has 3 aromatic rings. The van der Waals surface area contributed by atoms with Crippen LogP contribution in [0.2, 0.25) is 0 Å². The van der Waals surface area contributed by atoms with Crippen LogP contribution in [0.25, 0.3) is 10.1 Å². The molecule has 0 fully saturated rings. The molecule has 0 unspecified atom stereocenters. The number of benzene rings is 1. The molecule has 7 heteroatoms. The fourth-order valence-electron chi connectivity index (χ4n) is 1.91. The number of nitrogens with zero attached hydrogens (tertiary/aromatic N) is 2. The molecule has 3 rings (SSSR count). The first-order chi connectivity index (χ1) is 9.65. The minimum Gasteiger partial charge on any atom is -0.374 e. The Morgan fingerprint density at radius 1 is 1.30 bits per heavy atom. The summed E-state index contributed by atoms with van der Waals surface area (Å²) in [5.74, 6) is 0.491. The largest absolute Gasteiger partial charge is 0.374 e. The molecule has 0 aliphatic heterocycles. The van der Waals surface area contributed by atoms with Crippen molar-refractivity contribution >= 4 is 55.4 Å². The van der Waals surface area contributed by atoms with Gasteiger partial charge in [0.05, 0.1) is 10.6 Å². The lowest BCUT2D eigenvalue weighted by Gasteiger charge is -1.97. The Bertz CT molecular complexity index is 778. The number of aryl methyl sites for hydroxylation is 1. The van der Waals surface area contributed by atoms with Gasteiger partial charge in [-0.15, -0.1) is 21.5 Å². The molecule has 0 spiro atoms. The van der Waals surface area contributed by atoms with Crippen LogP contribution in [0, 0.1) is 6.92 Å². The van der Waals surface area contributed by atoms with E-state index in [0.717, 1.165) is 24.9 Å². The molecule has 2 N–H and O–H groups in total. The molecule has 0 aliphatic rings. The number of nitrogen functional groups attached to an aromatic ring is 1. The zero-order valence-corrected chi connectivity index (χ0v) is 13.1. The molecule has 0 atom stereocenters. The first-order valence-corrected chi connectivity index (χ1v) is 8.50. The van der Waals surface area contributed by atoms with Gasteiger partial charge in [0.2, 0.25) is 5.13 Å². The average Bonchev–Trinajstić information content (AvgIpc) is 3.01. The number of hydrogen-bond donors (Lipinski definition) is 1. The molecule has 102 valence electrons. The van der Waals surface area contributed by atoms with Crippen molar-refractivity contribution in [3.8, 4) is 0 Å². The molecule has 0 amide bonds. The van der Waals surface area contributed by atoms with E-state index in [9.17, 15) is 4.79 Å². The van der Waals surface area contributed by atoms with Crippen molar-refractivity contribution < 1.29 is 4.79 Å². The zero-order chi connectivity index (χ0) is 14.1. The zero-order valence-electron chi connectivity index (χ0n) is 10.6. The summed E-state index contributed by atoms with van der Waals surface area (Å²) in [7, 11) is 0. The van der Waals surface area contributed by atoms with Crippen LogP contribution < -0.4 is 5.73 Å². The van der Waals surface area contributed by atoms with E-state index >= 15 is 0 Å². The topological polar surface area (TPSA) is 68.9 Å². The second kappa shape index (κ2) is 5.51. The van der Waals surface area contributed by atoms with Crippen molar-refractivity contribution in [1.82, 2.24) is 10.2 Å². The number of carbonyl (C=O) groups is 1. The molecule has 2 aromatic heterocycles. The van der Waals surface area contributed by atoms with E-state index in [1.165, 1.54) is 23.1 Å². The van der Waals surface area contributed by atoms with Gasteiger partial charge in [-0.1, -0.05) is 41.3 Å². The maximum absolute atomic E-state index is 12.3. The first kappa shape index (κ1) is 13.5. The Labute approximate surface area is 128 Å². The first-order valence-electron chi connectivity index (χ1n) is 5.88. The van der Waals surface area contributed by atoms with Crippen LogP contribution in [0.15, 0.2) is 28.6 Å². The summed E-state index contributed by atoms with van der Waals surface area (Å²) >= 11 is 4.24. The number of thioether (sulfide) groups is 1. The molecule has 0 radical (unpaired) electrons. The molecule has 1 aromatic carbocycles. The van der Waals surface area contributed by atoms with Crippen LogP contribution in [-0.2, 0) is 0 Å². The Morgan fingerprint density at radius 3 is 2.80 bits per heavy atom. The van der Waals surface area contributed by atoms with Crippen molar-refractivity contribution in [3.63, 3.8) is 0 Å². The summed E-state index contributed by atoms with van der Waals surface area (Å²) in [5.41, 5.74) is 6.58. The molecule has 4 nitrogen and oxygen atoms in total. The lowest BCUT2D eigenvalue weighted by atomic mass is 10.1. The molecule has 2 heterocycles. The third-order valence-electron chi connectivity index (χ3n) is 2.85.